The maximum atomic E-state index is 13.5. The molecule has 0 atom stereocenters. The van der Waals surface area contributed by atoms with Crippen molar-refractivity contribution < 1.29 is 35.1 Å². The van der Waals surface area contributed by atoms with Gasteiger partial charge >= 0.3 is 5.92 Å². The third-order valence-electron chi connectivity index (χ3n) is 2.67. The maximum absolute atomic E-state index is 13.5. The molecule has 0 saturated heterocycles. The Kier molecular flexibility index (Phi) is 3.35. The lowest BCUT2D eigenvalue weighted by atomic mass is 9.93. The molecule has 0 aliphatic heterocycles. The van der Waals surface area contributed by atoms with Gasteiger partial charge in [-0.15, -0.1) is 0 Å². The number of allylic oxidation sites excluding steroid dienone is 4. The van der Waals surface area contributed by atoms with Gasteiger partial charge in [0.15, 0.2) is 23.3 Å². The van der Waals surface area contributed by atoms with Crippen LogP contribution in [0.3, 0.4) is 0 Å². The minimum Gasteiger partial charge on any atom is -0.208 e. The van der Waals surface area contributed by atoms with Gasteiger partial charge in [-0.25, -0.2) is 26.3 Å². The molecular formula is C12H4F8. The summed E-state index contributed by atoms with van der Waals surface area (Å²) in [7, 11) is 0. The van der Waals surface area contributed by atoms with E-state index in [2.05, 4.69) is 0 Å². The van der Waals surface area contributed by atoms with E-state index in [1.165, 1.54) is 0 Å². The molecule has 20 heavy (non-hydrogen) atoms. The first-order chi connectivity index (χ1) is 9.16. The second kappa shape index (κ2) is 4.60. The Morgan fingerprint density at radius 3 is 2.00 bits per heavy atom. The molecule has 0 radical (unpaired) electrons. The van der Waals surface area contributed by atoms with Crippen LogP contribution in [0.4, 0.5) is 35.1 Å². The van der Waals surface area contributed by atoms with Crippen LogP contribution in [0.1, 0.15) is 12.0 Å². The van der Waals surface area contributed by atoms with Gasteiger partial charge in [-0.1, -0.05) is 0 Å². The molecule has 8 heteroatoms. The SMILES string of the molecule is FC1=C(F)C(c2c(F)ccc(F)c2F)=C(F)C(F)(F)C1. The fourth-order valence-electron chi connectivity index (χ4n) is 1.74. The van der Waals surface area contributed by atoms with E-state index in [1.807, 2.05) is 0 Å². The Morgan fingerprint density at radius 1 is 0.850 bits per heavy atom. The van der Waals surface area contributed by atoms with E-state index in [0.717, 1.165) is 0 Å². The predicted molar refractivity (Wildman–Crippen MR) is 53.1 cm³/mol. The highest BCUT2D eigenvalue weighted by Crippen LogP contribution is 2.47. The van der Waals surface area contributed by atoms with Crippen LogP contribution in [-0.2, 0) is 0 Å². The van der Waals surface area contributed by atoms with Crippen LogP contribution in [0.15, 0.2) is 29.6 Å². The third kappa shape index (κ3) is 2.08. The first kappa shape index (κ1) is 14.5. The zero-order valence-electron chi connectivity index (χ0n) is 9.39. The number of benzene rings is 1. The number of hydrogen-bond acceptors (Lipinski definition) is 0. The van der Waals surface area contributed by atoms with Crippen molar-refractivity contribution in [2.75, 3.05) is 0 Å². The fraction of sp³-hybridized carbons (Fsp3) is 0.167. The molecule has 0 heterocycles. The molecule has 1 aromatic carbocycles. The van der Waals surface area contributed by atoms with Gasteiger partial charge < -0.3 is 0 Å². The van der Waals surface area contributed by atoms with E-state index < -0.39 is 58.4 Å². The minimum absolute atomic E-state index is 0.284. The molecule has 1 aromatic rings. The van der Waals surface area contributed by atoms with Crippen molar-refractivity contribution in [1.29, 1.82) is 0 Å². The van der Waals surface area contributed by atoms with Crippen LogP contribution in [0.5, 0.6) is 0 Å². The van der Waals surface area contributed by atoms with Crippen LogP contribution in [0.2, 0.25) is 0 Å². The Morgan fingerprint density at radius 2 is 1.40 bits per heavy atom. The van der Waals surface area contributed by atoms with Crippen LogP contribution in [0, 0.1) is 17.5 Å². The highest BCUT2D eigenvalue weighted by atomic mass is 19.3. The lowest BCUT2D eigenvalue weighted by molar-refractivity contribution is 0.0113. The van der Waals surface area contributed by atoms with E-state index in [-0.39, 0.29) is 6.07 Å². The van der Waals surface area contributed by atoms with Crippen LogP contribution >= 0.6 is 0 Å². The summed E-state index contributed by atoms with van der Waals surface area (Å²) in [5, 5.41) is 0. The number of alkyl halides is 2. The topological polar surface area (TPSA) is 0 Å². The van der Waals surface area contributed by atoms with Crippen molar-refractivity contribution in [3.63, 3.8) is 0 Å². The molecule has 0 spiro atoms. The molecule has 2 rings (SSSR count). The molecule has 0 unspecified atom stereocenters. The van der Waals surface area contributed by atoms with Crippen molar-refractivity contribution in [2.24, 2.45) is 0 Å². The van der Waals surface area contributed by atoms with Gasteiger partial charge in [0.1, 0.15) is 11.6 Å². The highest BCUT2D eigenvalue weighted by molar-refractivity contribution is 5.81. The van der Waals surface area contributed by atoms with E-state index >= 15 is 0 Å². The van der Waals surface area contributed by atoms with Gasteiger partial charge in [-0.05, 0) is 12.1 Å². The largest absolute Gasteiger partial charge is 0.305 e. The Bertz CT molecular complexity index is 641. The lowest BCUT2D eigenvalue weighted by Crippen LogP contribution is -2.23. The first-order valence-corrected chi connectivity index (χ1v) is 5.13. The van der Waals surface area contributed by atoms with Gasteiger partial charge in [0.2, 0.25) is 0 Å². The average molecular weight is 300 g/mol. The summed E-state index contributed by atoms with van der Waals surface area (Å²) in [6.45, 7) is 0. The summed E-state index contributed by atoms with van der Waals surface area (Å²) < 4.78 is 106. The quantitative estimate of drug-likeness (QED) is 0.507. The summed E-state index contributed by atoms with van der Waals surface area (Å²) in [5.74, 6) is -16.8. The second-order valence-corrected chi connectivity index (χ2v) is 4.01. The van der Waals surface area contributed by atoms with Gasteiger partial charge in [0.05, 0.1) is 17.6 Å². The monoisotopic (exact) mass is 300 g/mol. The molecule has 0 amide bonds. The summed E-state index contributed by atoms with van der Waals surface area (Å²) in [4.78, 5) is 0. The van der Waals surface area contributed by atoms with Gasteiger partial charge in [0.25, 0.3) is 0 Å². The molecule has 1 aliphatic rings. The van der Waals surface area contributed by atoms with Crippen molar-refractivity contribution in [1.82, 2.24) is 0 Å². The molecule has 1 aliphatic carbocycles. The molecule has 0 N–H and O–H groups in total. The Balaban J connectivity index is 2.83. The molecule has 0 bridgehead atoms. The molecule has 108 valence electrons. The first-order valence-electron chi connectivity index (χ1n) is 5.13. The van der Waals surface area contributed by atoms with Gasteiger partial charge in [-0.3, -0.25) is 0 Å². The summed E-state index contributed by atoms with van der Waals surface area (Å²) in [6, 6.07) is 0.581. The van der Waals surface area contributed by atoms with Crippen LogP contribution in [0.25, 0.3) is 5.57 Å². The zero-order chi connectivity index (χ0) is 15.2. The smallest absolute Gasteiger partial charge is 0.208 e. The summed E-state index contributed by atoms with van der Waals surface area (Å²) in [5.41, 5.74) is -3.66. The number of rotatable bonds is 1. The average Bonchev–Trinajstić information content (AvgIpc) is 2.35. The van der Waals surface area contributed by atoms with Crippen molar-refractivity contribution in [3.05, 3.63) is 52.6 Å². The fourth-order valence-corrected chi connectivity index (χ4v) is 1.74. The minimum atomic E-state index is -4.47. The standard InChI is InChI=1S/C12H4F8/c13-4-1-2-5(14)9(16)7(4)8-10(17)6(15)3-12(19,20)11(8)18/h1-2H,3H2. The molecule has 0 aromatic heterocycles. The summed E-state index contributed by atoms with van der Waals surface area (Å²) >= 11 is 0. The predicted octanol–water partition coefficient (Wildman–Crippen LogP) is 4.97. The molecular weight excluding hydrogens is 296 g/mol. The van der Waals surface area contributed by atoms with Gasteiger partial charge in [0, 0.05) is 0 Å². The third-order valence-corrected chi connectivity index (χ3v) is 2.67. The van der Waals surface area contributed by atoms with Crippen molar-refractivity contribution in [2.45, 2.75) is 12.3 Å². The van der Waals surface area contributed by atoms with E-state index in [1.54, 1.807) is 0 Å². The van der Waals surface area contributed by atoms with Crippen molar-refractivity contribution >= 4 is 5.57 Å². The molecule has 0 fully saturated rings. The van der Waals surface area contributed by atoms with Crippen LogP contribution < -0.4 is 0 Å². The van der Waals surface area contributed by atoms with E-state index in [0.29, 0.717) is 6.07 Å². The van der Waals surface area contributed by atoms with Gasteiger partial charge in [-0.2, -0.15) is 8.78 Å². The zero-order valence-corrected chi connectivity index (χ0v) is 9.39. The van der Waals surface area contributed by atoms with E-state index in [9.17, 15) is 35.1 Å². The van der Waals surface area contributed by atoms with E-state index in [4.69, 9.17) is 0 Å². The highest BCUT2D eigenvalue weighted by Gasteiger charge is 2.46. The molecule has 0 nitrogen and oxygen atoms in total. The number of halogens is 8. The Labute approximate surface area is 107 Å². The normalized spacial score (nSPS) is 18.8. The van der Waals surface area contributed by atoms with Crippen molar-refractivity contribution in [3.8, 4) is 0 Å². The van der Waals surface area contributed by atoms with Crippen LogP contribution in [-0.4, -0.2) is 5.92 Å². The Hall–Kier alpha value is -1.86. The maximum Gasteiger partial charge on any atom is 0.305 e. The molecule has 0 saturated carbocycles. The number of hydrogen-bond donors (Lipinski definition) is 0. The summed E-state index contributed by atoms with van der Waals surface area (Å²) in [6.07, 6.45) is -1.91. The lowest BCUT2D eigenvalue weighted by Gasteiger charge is -2.22. The second-order valence-electron chi connectivity index (χ2n) is 4.01.